The first-order chi connectivity index (χ1) is 11.5. The molecule has 0 saturated carbocycles. The number of ether oxygens (including phenoxy) is 1. The summed E-state index contributed by atoms with van der Waals surface area (Å²) in [5.41, 5.74) is 1.90. The monoisotopic (exact) mass is 349 g/mol. The molecule has 0 aliphatic carbocycles. The van der Waals surface area contributed by atoms with Crippen molar-refractivity contribution in [2.24, 2.45) is 0 Å². The zero-order valence-corrected chi connectivity index (χ0v) is 14.7. The fourth-order valence-corrected chi connectivity index (χ4v) is 4.86. The Kier molecular flexibility index (Phi) is 5.03. The molecule has 1 aliphatic rings. The maximum atomic E-state index is 12.6. The normalized spacial score (nSPS) is 22.6. The van der Waals surface area contributed by atoms with Gasteiger partial charge < -0.3 is 9.72 Å². The van der Waals surface area contributed by atoms with E-state index in [1.807, 2.05) is 37.3 Å². The topological polar surface area (TPSA) is 84.1 Å². The van der Waals surface area contributed by atoms with Crippen LogP contribution in [0.2, 0.25) is 0 Å². The van der Waals surface area contributed by atoms with Crippen molar-refractivity contribution in [1.82, 2.24) is 14.7 Å². The average Bonchev–Trinajstić information content (AvgIpc) is 3.23. The minimum atomic E-state index is -3.46. The lowest BCUT2D eigenvalue weighted by molar-refractivity contribution is 0.126. The molecule has 2 heterocycles. The van der Waals surface area contributed by atoms with E-state index in [1.165, 1.54) is 0 Å². The number of aromatic nitrogens is 2. The van der Waals surface area contributed by atoms with Gasteiger partial charge in [0.05, 0.1) is 24.0 Å². The Morgan fingerprint density at radius 3 is 2.75 bits per heavy atom. The number of hydrogen-bond donors (Lipinski definition) is 2. The average molecular weight is 349 g/mol. The Bertz CT molecular complexity index is 773. The van der Waals surface area contributed by atoms with Crippen molar-refractivity contribution in [1.29, 1.82) is 0 Å². The minimum absolute atomic E-state index is 0.281. The zero-order chi connectivity index (χ0) is 17.2. The second kappa shape index (κ2) is 7.04. The van der Waals surface area contributed by atoms with Gasteiger partial charge in [-0.15, -0.1) is 0 Å². The van der Waals surface area contributed by atoms with Gasteiger partial charge in [0.25, 0.3) is 0 Å². The lowest BCUT2D eigenvalue weighted by atomic mass is 10.2. The van der Waals surface area contributed by atoms with E-state index in [0.29, 0.717) is 25.3 Å². The first-order valence-electron chi connectivity index (χ1n) is 8.24. The third-order valence-electron chi connectivity index (χ3n) is 4.43. The van der Waals surface area contributed by atoms with Crippen molar-refractivity contribution in [2.45, 2.75) is 44.1 Å². The number of aromatic amines is 1. The second-order valence-electron chi connectivity index (χ2n) is 6.07. The van der Waals surface area contributed by atoms with Gasteiger partial charge in [-0.25, -0.2) is 18.1 Å². The summed E-state index contributed by atoms with van der Waals surface area (Å²) in [5, 5.41) is -0.505. The number of nitrogens with zero attached hydrogens (tertiary/aromatic N) is 1. The fourth-order valence-electron chi connectivity index (χ4n) is 3.02. The van der Waals surface area contributed by atoms with E-state index in [-0.39, 0.29) is 12.1 Å². The maximum absolute atomic E-state index is 12.6. The summed E-state index contributed by atoms with van der Waals surface area (Å²) in [6.07, 6.45) is 2.60. The van der Waals surface area contributed by atoms with Crippen LogP contribution in [-0.2, 0) is 14.8 Å². The molecule has 130 valence electrons. The summed E-state index contributed by atoms with van der Waals surface area (Å²) in [7, 11) is -3.46. The van der Waals surface area contributed by atoms with Gasteiger partial charge in [-0.1, -0.05) is 37.3 Å². The van der Waals surface area contributed by atoms with Crippen molar-refractivity contribution in [3.8, 4) is 11.3 Å². The van der Waals surface area contributed by atoms with Crippen LogP contribution >= 0.6 is 0 Å². The molecule has 1 aromatic carbocycles. The van der Waals surface area contributed by atoms with E-state index in [2.05, 4.69) is 14.7 Å². The molecule has 3 atom stereocenters. The van der Waals surface area contributed by atoms with Crippen LogP contribution in [0.3, 0.4) is 0 Å². The molecular formula is C17H23N3O3S. The van der Waals surface area contributed by atoms with E-state index in [9.17, 15) is 8.42 Å². The van der Waals surface area contributed by atoms with Crippen LogP contribution in [0.4, 0.5) is 0 Å². The predicted molar refractivity (Wildman–Crippen MR) is 92.9 cm³/mol. The molecule has 3 rings (SSSR count). The summed E-state index contributed by atoms with van der Waals surface area (Å²) in [6, 6.07) is 9.46. The number of sulfonamides is 1. The Balaban J connectivity index is 1.78. The van der Waals surface area contributed by atoms with Gasteiger partial charge in [-0.05, 0) is 25.3 Å². The first kappa shape index (κ1) is 17.1. The fraction of sp³-hybridized carbons (Fsp3) is 0.471. The second-order valence-corrected chi connectivity index (χ2v) is 8.01. The molecule has 24 heavy (non-hydrogen) atoms. The SMILES string of the molecule is CCC(NS(=O)(=O)C1CCOC1C)c1ncc(-c2ccccc2)[nH]1. The number of nitrogens with one attached hydrogen (secondary N) is 2. The van der Waals surface area contributed by atoms with E-state index >= 15 is 0 Å². The highest BCUT2D eigenvalue weighted by Crippen LogP contribution is 2.25. The van der Waals surface area contributed by atoms with Gasteiger partial charge in [0.15, 0.2) is 0 Å². The Hall–Kier alpha value is -1.70. The van der Waals surface area contributed by atoms with Gasteiger partial charge in [-0.3, -0.25) is 0 Å². The molecule has 1 aliphatic heterocycles. The summed E-state index contributed by atoms with van der Waals surface area (Å²) >= 11 is 0. The van der Waals surface area contributed by atoms with Gasteiger partial charge >= 0.3 is 0 Å². The Morgan fingerprint density at radius 1 is 1.38 bits per heavy atom. The highest BCUT2D eigenvalue weighted by molar-refractivity contribution is 7.90. The van der Waals surface area contributed by atoms with Gasteiger partial charge in [0.2, 0.25) is 10.0 Å². The lowest BCUT2D eigenvalue weighted by Gasteiger charge is -2.20. The molecule has 2 aromatic rings. The minimum Gasteiger partial charge on any atom is -0.377 e. The van der Waals surface area contributed by atoms with Crippen LogP contribution in [0.1, 0.15) is 38.6 Å². The highest BCUT2D eigenvalue weighted by Gasteiger charge is 2.37. The van der Waals surface area contributed by atoms with E-state index < -0.39 is 15.3 Å². The summed E-state index contributed by atoms with van der Waals surface area (Å²) in [5.74, 6) is 0.631. The molecule has 0 bridgehead atoms. The smallest absolute Gasteiger partial charge is 0.217 e. The summed E-state index contributed by atoms with van der Waals surface area (Å²) in [6.45, 7) is 4.23. The number of hydrogen-bond acceptors (Lipinski definition) is 4. The van der Waals surface area contributed by atoms with Crippen LogP contribution < -0.4 is 4.72 Å². The van der Waals surface area contributed by atoms with E-state index in [0.717, 1.165) is 11.3 Å². The molecule has 6 nitrogen and oxygen atoms in total. The van der Waals surface area contributed by atoms with Gasteiger partial charge in [0, 0.05) is 6.61 Å². The number of benzene rings is 1. The molecule has 1 aromatic heterocycles. The summed E-state index contributed by atoms with van der Waals surface area (Å²) < 4.78 is 33.4. The van der Waals surface area contributed by atoms with E-state index in [1.54, 1.807) is 13.1 Å². The number of rotatable bonds is 6. The van der Waals surface area contributed by atoms with Gasteiger partial charge in [-0.2, -0.15) is 0 Å². The molecular weight excluding hydrogens is 326 g/mol. The number of H-pyrrole nitrogens is 1. The Labute approximate surface area is 142 Å². The van der Waals surface area contributed by atoms with Crippen LogP contribution in [-0.4, -0.2) is 36.3 Å². The van der Waals surface area contributed by atoms with Crippen LogP contribution in [0.5, 0.6) is 0 Å². The van der Waals surface area contributed by atoms with Crippen molar-refractivity contribution in [2.75, 3.05) is 6.61 Å². The van der Waals surface area contributed by atoms with Crippen LogP contribution in [0.15, 0.2) is 36.5 Å². The molecule has 3 unspecified atom stereocenters. The zero-order valence-electron chi connectivity index (χ0n) is 13.9. The standard InChI is InChI=1S/C17H23N3O3S/c1-3-14(20-24(21,22)16-9-10-23-12(16)2)17-18-11-15(19-17)13-7-5-4-6-8-13/h4-8,11-12,14,16,20H,3,9-10H2,1-2H3,(H,18,19). The Morgan fingerprint density at radius 2 is 2.12 bits per heavy atom. The lowest BCUT2D eigenvalue weighted by Crippen LogP contribution is -2.40. The first-order valence-corrected chi connectivity index (χ1v) is 9.79. The van der Waals surface area contributed by atoms with Crippen molar-refractivity contribution >= 4 is 10.0 Å². The number of imidazole rings is 1. The molecule has 1 fully saturated rings. The highest BCUT2D eigenvalue weighted by atomic mass is 32.2. The largest absolute Gasteiger partial charge is 0.377 e. The van der Waals surface area contributed by atoms with Crippen molar-refractivity contribution in [3.05, 3.63) is 42.4 Å². The predicted octanol–water partition coefficient (Wildman–Crippen LogP) is 2.62. The molecule has 0 amide bonds. The van der Waals surface area contributed by atoms with E-state index in [4.69, 9.17) is 4.74 Å². The summed E-state index contributed by atoms with van der Waals surface area (Å²) in [4.78, 5) is 7.62. The molecule has 0 radical (unpaired) electrons. The van der Waals surface area contributed by atoms with Crippen LogP contribution in [0.25, 0.3) is 11.3 Å². The van der Waals surface area contributed by atoms with Gasteiger partial charge in [0.1, 0.15) is 11.1 Å². The van der Waals surface area contributed by atoms with Crippen molar-refractivity contribution < 1.29 is 13.2 Å². The molecule has 7 heteroatoms. The molecule has 2 N–H and O–H groups in total. The van der Waals surface area contributed by atoms with Crippen LogP contribution in [0, 0.1) is 0 Å². The molecule has 0 spiro atoms. The van der Waals surface area contributed by atoms with Crippen molar-refractivity contribution in [3.63, 3.8) is 0 Å². The quantitative estimate of drug-likeness (QED) is 0.840. The maximum Gasteiger partial charge on any atom is 0.217 e. The third kappa shape index (κ3) is 3.53. The third-order valence-corrected chi connectivity index (χ3v) is 6.46. The molecule has 1 saturated heterocycles.